The van der Waals surface area contributed by atoms with E-state index in [0.29, 0.717) is 29.7 Å². The third-order valence-corrected chi connectivity index (χ3v) is 2.24. The molecule has 0 N–H and O–H groups in total. The van der Waals surface area contributed by atoms with Gasteiger partial charge in [0.25, 0.3) is 0 Å². The SMILES string of the molecule is CC(=O)CCCOc1cc(F)cc(Br)c1. The Morgan fingerprint density at radius 1 is 1.47 bits per heavy atom. The number of rotatable bonds is 5. The Kier molecular flexibility index (Phi) is 4.75. The van der Waals surface area contributed by atoms with Crippen molar-refractivity contribution in [2.75, 3.05) is 6.61 Å². The molecule has 0 saturated carbocycles. The minimum absolute atomic E-state index is 0.138. The fourth-order valence-electron chi connectivity index (χ4n) is 1.12. The number of ether oxygens (including phenoxy) is 1. The van der Waals surface area contributed by atoms with Crippen LogP contribution in [0.25, 0.3) is 0 Å². The maximum atomic E-state index is 12.9. The molecule has 1 aromatic rings. The van der Waals surface area contributed by atoms with Crippen LogP contribution >= 0.6 is 15.9 Å². The molecule has 1 rings (SSSR count). The Balaban J connectivity index is 2.40. The minimum Gasteiger partial charge on any atom is -0.493 e. The lowest BCUT2D eigenvalue weighted by molar-refractivity contribution is -0.117. The highest BCUT2D eigenvalue weighted by molar-refractivity contribution is 9.10. The smallest absolute Gasteiger partial charge is 0.129 e. The number of benzene rings is 1. The first-order valence-electron chi connectivity index (χ1n) is 4.66. The lowest BCUT2D eigenvalue weighted by atomic mass is 10.2. The van der Waals surface area contributed by atoms with Crippen molar-refractivity contribution in [1.29, 1.82) is 0 Å². The van der Waals surface area contributed by atoms with Crippen LogP contribution < -0.4 is 4.74 Å². The van der Waals surface area contributed by atoms with E-state index < -0.39 is 0 Å². The summed E-state index contributed by atoms with van der Waals surface area (Å²) in [4.78, 5) is 10.6. The molecule has 0 aliphatic carbocycles. The second-order valence-electron chi connectivity index (χ2n) is 3.26. The number of hydrogen-bond donors (Lipinski definition) is 0. The molecule has 2 nitrogen and oxygen atoms in total. The molecule has 0 radical (unpaired) electrons. The molecule has 0 aliphatic rings. The van der Waals surface area contributed by atoms with E-state index in [1.807, 2.05) is 0 Å². The van der Waals surface area contributed by atoms with Crippen LogP contribution in [0.1, 0.15) is 19.8 Å². The van der Waals surface area contributed by atoms with E-state index in [-0.39, 0.29) is 11.6 Å². The second-order valence-corrected chi connectivity index (χ2v) is 4.17. The van der Waals surface area contributed by atoms with Gasteiger partial charge in [0.05, 0.1) is 6.61 Å². The molecule has 0 unspecified atom stereocenters. The van der Waals surface area contributed by atoms with E-state index in [9.17, 15) is 9.18 Å². The van der Waals surface area contributed by atoms with Gasteiger partial charge in [-0.3, -0.25) is 0 Å². The summed E-state index contributed by atoms with van der Waals surface area (Å²) in [6, 6.07) is 4.37. The maximum absolute atomic E-state index is 12.9. The number of halogens is 2. The van der Waals surface area contributed by atoms with Crippen LogP contribution in [0.3, 0.4) is 0 Å². The summed E-state index contributed by atoms with van der Waals surface area (Å²) in [6.07, 6.45) is 1.15. The highest BCUT2D eigenvalue weighted by Crippen LogP contribution is 2.20. The van der Waals surface area contributed by atoms with Crippen molar-refractivity contribution < 1.29 is 13.9 Å². The molecule has 0 heterocycles. The van der Waals surface area contributed by atoms with Crippen LogP contribution in [-0.2, 0) is 4.79 Å². The third kappa shape index (κ3) is 4.93. The van der Waals surface area contributed by atoms with Crippen molar-refractivity contribution in [2.45, 2.75) is 19.8 Å². The van der Waals surface area contributed by atoms with Crippen molar-refractivity contribution in [3.05, 3.63) is 28.5 Å². The van der Waals surface area contributed by atoms with Gasteiger partial charge < -0.3 is 9.53 Å². The van der Waals surface area contributed by atoms with Gasteiger partial charge in [0.1, 0.15) is 17.3 Å². The van der Waals surface area contributed by atoms with E-state index >= 15 is 0 Å². The molecule has 82 valence electrons. The van der Waals surface area contributed by atoms with Crippen LogP contribution in [0, 0.1) is 5.82 Å². The molecule has 0 spiro atoms. The summed E-state index contributed by atoms with van der Waals surface area (Å²) in [5.41, 5.74) is 0. The van der Waals surface area contributed by atoms with Crippen LogP contribution in [0.4, 0.5) is 4.39 Å². The summed E-state index contributed by atoms with van der Waals surface area (Å²) >= 11 is 3.17. The van der Waals surface area contributed by atoms with Gasteiger partial charge in [0.2, 0.25) is 0 Å². The second kappa shape index (κ2) is 5.85. The topological polar surface area (TPSA) is 26.3 Å². The number of ketones is 1. The fourth-order valence-corrected chi connectivity index (χ4v) is 1.57. The molecule has 4 heteroatoms. The monoisotopic (exact) mass is 274 g/mol. The zero-order valence-electron chi connectivity index (χ0n) is 8.43. The van der Waals surface area contributed by atoms with E-state index in [4.69, 9.17) is 4.74 Å². The lowest BCUT2D eigenvalue weighted by Crippen LogP contribution is -2.00. The quantitative estimate of drug-likeness (QED) is 0.770. The van der Waals surface area contributed by atoms with E-state index in [0.717, 1.165) is 0 Å². The Morgan fingerprint density at radius 2 is 2.20 bits per heavy atom. The van der Waals surface area contributed by atoms with Crippen LogP contribution in [0.2, 0.25) is 0 Å². The molecule has 0 atom stereocenters. The zero-order valence-corrected chi connectivity index (χ0v) is 10.0. The van der Waals surface area contributed by atoms with Gasteiger partial charge in [-0.15, -0.1) is 0 Å². The van der Waals surface area contributed by atoms with Crippen molar-refractivity contribution in [1.82, 2.24) is 0 Å². The summed E-state index contributed by atoms with van der Waals surface area (Å²) in [7, 11) is 0. The van der Waals surface area contributed by atoms with E-state index in [1.54, 1.807) is 13.0 Å². The predicted octanol–water partition coefficient (Wildman–Crippen LogP) is 3.34. The molecule has 0 fully saturated rings. The molecule has 1 aromatic carbocycles. The number of carbonyl (C=O) groups is 1. The first kappa shape index (κ1) is 12.2. The molecule has 0 amide bonds. The molecule has 0 aliphatic heterocycles. The van der Waals surface area contributed by atoms with Gasteiger partial charge in [0.15, 0.2) is 0 Å². The Labute approximate surface area is 96.6 Å². The molecule has 0 bridgehead atoms. The normalized spacial score (nSPS) is 10.1. The molecule has 15 heavy (non-hydrogen) atoms. The van der Waals surface area contributed by atoms with Crippen LogP contribution in [0.5, 0.6) is 5.75 Å². The van der Waals surface area contributed by atoms with Crippen LogP contribution in [-0.4, -0.2) is 12.4 Å². The van der Waals surface area contributed by atoms with Gasteiger partial charge in [-0.05, 0) is 25.5 Å². The van der Waals surface area contributed by atoms with Gasteiger partial charge in [-0.25, -0.2) is 4.39 Å². The number of carbonyl (C=O) groups excluding carboxylic acids is 1. The molecule has 0 aromatic heterocycles. The highest BCUT2D eigenvalue weighted by Gasteiger charge is 2.00. The average Bonchev–Trinajstić information content (AvgIpc) is 2.10. The fraction of sp³-hybridized carbons (Fsp3) is 0.364. The average molecular weight is 275 g/mol. The first-order chi connectivity index (χ1) is 7.08. The van der Waals surface area contributed by atoms with Crippen molar-refractivity contribution >= 4 is 21.7 Å². The highest BCUT2D eigenvalue weighted by atomic mass is 79.9. The molecule has 0 saturated heterocycles. The van der Waals surface area contributed by atoms with Crippen molar-refractivity contribution in [3.63, 3.8) is 0 Å². The zero-order chi connectivity index (χ0) is 11.3. The van der Waals surface area contributed by atoms with Gasteiger partial charge in [0, 0.05) is 17.0 Å². The standard InChI is InChI=1S/C11H12BrFO2/c1-8(14)3-2-4-15-11-6-9(12)5-10(13)7-11/h5-7H,2-4H2,1H3. The van der Waals surface area contributed by atoms with Gasteiger partial charge in [-0.2, -0.15) is 0 Å². The summed E-state index contributed by atoms with van der Waals surface area (Å²) < 4.78 is 18.8. The summed E-state index contributed by atoms with van der Waals surface area (Å²) in [5.74, 6) is 0.274. The molecular weight excluding hydrogens is 263 g/mol. The maximum Gasteiger partial charge on any atom is 0.129 e. The predicted molar refractivity (Wildman–Crippen MR) is 59.5 cm³/mol. The summed E-state index contributed by atoms with van der Waals surface area (Å²) in [5, 5.41) is 0. The van der Waals surface area contributed by atoms with Crippen LogP contribution in [0.15, 0.2) is 22.7 Å². The Hall–Kier alpha value is -0.900. The van der Waals surface area contributed by atoms with E-state index in [2.05, 4.69) is 15.9 Å². The number of hydrogen-bond acceptors (Lipinski definition) is 2. The lowest BCUT2D eigenvalue weighted by Gasteiger charge is -2.05. The van der Waals surface area contributed by atoms with Crippen molar-refractivity contribution in [2.24, 2.45) is 0 Å². The minimum atomic E-state index is -0.342. The van der Waals surface area contributed by atoms with E-state index in [1.165, 1.54) is 12.1 Å². The number of Topliss-reactive ketones (excluding diaryl/α,β-unsaturated/α-hetero) is 1. The van der Waals surface area contributed by atoms with Gasteiger partial charge in [-0.1, -0.05) is 15.9 Å². The van der Waals surface area contributed by atoms with Gasteiger partial charge >= 0.3 is 0 Å². The third-order valence-electron chi connectivity index (χ3n) is 1.78. The first-order valence-corrected chi connectivity index (χ1v) is 5.45. The Morgan fingerprint density at radius 3 is 2.80 bits per heavy atom. The Bertz CT molecular complexity index is 332. The van der Waals surface area contributed by atoms with Crippen molar-refractivity contribution in [3.8, 4) is 5.75 Å². The molecular formula is C11H12BrFO2. The largest absolute Gasteiger partial charge is 0.493 e. The summed E-state index contributed by atoms with van der Waals surface area (Å²) in [6.45, 7) is 1.97.